The van der Waals surface area contributed by atoms with Crippen molar-refractivity contribution in [3.63, 3.8) is 0 Å². The zero-order valence-corrected chi connectivity index (χ0v) is 12.8. The first kappa shape index (κ1) is 14.6. The van der Waals surface area contributed by atoms with E-state index in [1.54, 1.807) is 23.1 Å². The van der Waals surface area contributed by atoms with Crippen molar-refractivity contribution in [3.05, 3.63) is 83.4 Å². The molecule has 1 unspecified atom stereocenters. The Morgan fingerprint density at radius 2 is 2.08 bits per heavy atom. The van der Waals surface area contributed by atoms with Crippen molar-refractivity contribution in [2.75, 3.05) is 0 Å². The molecule has 0 radical (unpaired) electrons. The van der Waals surface area contributed by atoms with Crippen LogP contribution >= 0.6 is 0 Å². The number of aromatic carboxylic acids is 1. The predicted molar refractivity (Wildman–Crippen MR) is 85.4 cm³/mol. The van der Waals surface area contributed by atoms with Gasteiger partial charge in [0.1, 0.15) is 18.3 Å². The van der Waals surface area contributed by atoms with E-state index in [9.17, 15) is 9.90 Å². The second-order valence-corrected chi connectivity index (χ2v) is 5.75. The number of carboxylic acids is 1. The fourth-order valence-electron chi connectivity index (χ4n) is 3.23. The summed E-state index contributed by atoms with van der Waals surface area (Å²) in [6.45, 7) is 0.830. The number of ether oxygens (including phenoxy) is 1. The summed E-state index contributed by atoms with van der Waals surface area (Å²) in [4.78, 5) is 15.2. The molecule has 6 nitrogen and oxygen atoms in total. The Morgan fingerprint density at radius 3 is 2.79 bits per heavy atom. The molecule has 0 aliphatic carbocycles. The maximum absolute atomic E-state index is 11.2. The molecule has 1 aliphatic heterocycles. The molecule has 24 heavy (non-hydrogen) atoms. The maximum atomic E-state index is 11.2. The molecule has 2 aromatic carbocycles. The van der Waals surface area contributed by atoms with E-state index in [4.69, 9.17) is 4.74 Å². The van der Waals surface area contributed by atoms with Crippen molar-refractivity contribution >= 4 is 5.97 Å². The van der Waals surface area contributed by atoms with Crippen LogP contribution in [-0.2, 0) is 23.5 Å². The lowest BCUT2D eigenvalue weighted by atomic mass is 9.85. The summed E-state index contributed by atoms with van der Waals surface area (Å²) in [7, 11) is 0. The van der Waals surface area contributed by atoms with Crippen LogP contribution in [-0.4, -0.2) is 25.8 Å². The Hall–Kier alpha value is -2.99. The number of benzene rings is 2. The van der Waals surface area contributed by atoms with Crippen LogP contribution in [0.5, 0.6) is 0 Å². The molecule has 0 saturated carbocycles. The highest BCUT2D eigenvalue weighted by Crippen LogP contribution is 2.43. The number of carbonyl (C=O) groups is 1. The molecule has 1 atom stereocenters. The summed E-state index contributed by atoms with van der Waals surface area (Å²) >= 11 is 0. The zero-order valence-electron chi connectivity index (χ0n) is 12.8. The van der Waals surface area contributed by atoms with Crippen molar-refractivity contribution in [1.82, 2.24) is 14.8 Å². The monoisotopic (exact) mass is 321 g/mol. The maximum Gasteiger partial charge on any atom is 0.335 e. The van der Waals surface area contributed by atoms with Gasteiger partial charge in [-0.05, 0) is 28.8 Å². The first-order valence-electron chi connectivity index (χ1n) is 7.58. The number of aromatic nitrogens is 3. The number of hydrogen-bond acceptors (Lipinski definition) is 4. The fourth-order valence-corrected chi connectivity index (χ4v) is 3.23. The topological polar surface area (TPSA) is 77.2 Å². The van der Waals surface area contributed by atoms with Crippen molar-refractivity contribution in [3.8, 4) is 0 Å². The molecule has 0 bridgehead atoms. The highest BCUT2D eigenvalue weighted by molar-refractivity contribution is 5.88. The number of hydrogen-bond donors (Lipinski definition) is 1. The molecule has 0 spiro atoms. The smallest absolute Gasteiger partial charge is 0.335 e. The lowest BCUT2D eigenvalue weighted by Crippen LogP contribution is -2.33. The fraction of sp³-hybridized carbons (Fsp3) is 0.167. The first-order chi connectivity index (χ1) is 11.7. The van der Waals surface area contributed by atoms with Gasteiger partial charge < -0.3 is 9.84 Å². The molecule has 6 heteroatoms. The third kappa shape index (κ3) is 2.28. The van der Waals surface area contributed by atoms with Crippen LogP contribution in [0.1, 0.15) is 27.0 Å². The highest BCUT2D eigenvalue weighted by atomic mass is 16.5. The summed E-state index contributed by atoms with van der Waals surface area (Å²) in [5.74, 6) is -0.939. The van der Waals surface area contributed by atoms with Gasteiger partial charge in [-0.3, -0.25) is 0 Å². The van der Waals surface area contributed by atoms with E-state index >= 15 is 0 Å². The highest BCUT2D eigenvalue weighted by Gasteiger charge is 2.42. The second kappa shape index (κ2) is 5.58. The van der Waals surface area contributed by atoms with Crippen molar-refractivity contribution in [2.24, 2.45) is 0 Å². The van der Waals surface area contributed by atoms with E-state index in [-0.39, 0.29) is 5.56 Å². The zero-order chi connectivity index (χ0) is 16.6. The van der Waals surface area contributed by atoms with Gasteiger partial charge in [0.2, 0.25) is 0 Å². The summed E-state index contributed by atoms with van der Waals surface area (Å²) in [6, 6.07) is 15.1. The quantitative estimate of drug-likeness (QED) is 0.798. The largest absolute Gasteiger partial charge is 0.478 e. The van der Waals surface area contributed by atoms with Crippen LogP contribution in [0.25, 0.3) is 0 Å². The Labute approximate surface area is 138 Å². The molecule has 0 amide bonds. The summed E-state index contributed by atoms with van der Waals surface area (Å²) in [6.07, 6.45) is 3.14. The third-order valence-corrected chi connectivity index (χ3v) is 4.35. The summed E-state index contributed by atoms with van der Waals surface area (Å²) in [5.41, 5.74) is 2.42. The van der Waals surface area contributed by atoms with Gasteiger partial charge >= 0.3 is 5.97 Å². The average Bonchev–Trinajstić information content (AvgIpc) is 3.24. The molecule has 0 fully saturated rings. The van der Waals surface area contributed by atoms with Crippen molar-refractivity contribution < 1.29 is 14.6 Å². The normalized spacial score (nSPS) is 19.2. The average molecular weight is 321 g/mol. The van der Waals surface area contributed by atoms with Gasteiger partial charge in [0, 0.05) is 0 Å². The summed E-state index contributed by atoms with van der Waals surface area (Å²) < 4.78 is 7.95. The molecule has 120 valence electrons. The van der Waals surface area contributed by atoms with E-state index in [2.05, 4.69) is 10.1 Å². The van der Waals surface area contributed by atoms with Gasteiger partial charge in [-0.2, -0.15) is 5.10 Å². The molecule has 1 aromatic heterocycles. The van der Waals surface area contributed by atoms with Crippen LogP contribution in [0, 0.1) is 0 Å². The van der Waals surface area contributed by atoms with Gasteiger partial charge in [-0.1, -0.05) is 36.4 Å². The molecule has 2 heterocycles. The number of nitrogens with zero attached hydrogens (tertiary/aromatic N) is 3. The molecular formula is C18H15N3O3. The van der Waals surface area contributed by atoms with E-state index in [0.29, 0.717) is 13.2 Å². The number of carboxylic acid groups (broad SMARTS) is 1. The van der Waals surface area contributed by atoms with E-state index in [0.717, 1.165) is 16.7 Å². The Kier molecular flexibility index (Phi) is 3.39. The van der Waals surface area contributed by atoms with Crippen LogP contribution in [0.4, 0.5) is 0 Å². The lowest BCUT2D eigenvalue weighted by Gasteiger charge is -2.30. The minimum Gasteiger partial charge on any atom is -0.478 e. The third-order valence-electron chi connectivity index (χ3n) is 4.35. The van der Waals surface area contributed by atoms with Crippen molar-refractivity contribution in [2.45, 2.75) is 18.8 Å². The van der Waals surface area contributed by atoms with Crippen molar-refractivity contribution in [1.29, 1.82) is 0 Å². The van der Waals surface area contributed by atoms with Crippen LogP contribution in [0.2, 0.25) is 0 Å². The Bertz CT molecular complexity index is 878. The predicted octanol–water partition coefficient (Wildman–Crippen LogP) is 2.45. The van der Waals surface area contributed by atoms with Crippen LogP contribution < -0.4 is 0 Å². The van der Waals surface area contributed by atoms with E-state index < -0.39 is 11.6 Å². The Morgan fingerprint density at radius 1 is 1.25 bits per heavy atom. The molecule has 0 saturated heterocycles. The standard InChI is InChI=1S/C18H15N3O3/c22-17(23)13-6-7-16-14(8-13)9-24-18(16,10-21-12-19-11-20-21)15-4-2-1-3-5-15/h1-8,11-12H,9-10H2,(H,22,23). The minimum absolute atomic E-state index is 0.266. The second-order valence-electron chi connectivity index (χ2n) is 5.75. The minimum atomic E-state index is -0.939. The van der Waals surface area contributed by atoms with Gasteiger partial charge in [-0.25, -0.2) is 14.5 Å². The first-order valence-corrected chi connectivity index (χ1v) is 7.58. The van der Waals surface area contributed by atoms with E-state index in [1.165, 1.54) is 6.33 Å². The number of fused-ring (bicyclic) bond motifs is 1. The van der Waals surface area contributed by atoms with Gasteiger partial charge in [0.15, 0.2) is 0 Å². The summed E-state index contributed by atoms with van der Waals surface area (Å²) in [5, 5.41) is 13.4. The van der Waals surface area contributed by atoms with Gasteiger partial charge in [-0.15, -0.1) is 0 Å². The number of rotatable bonds is 4. The molecule has 4 rings (SSSR count). The van der Waals surface area contributed by atoms with Gasteiger partial charge in [0.25, 0.3) is 0 Å². The molecular weight excluding hydrogens is 306 g/mol. The molecule has 1 N–H and O–H groups in total. The molecule has 1 aliphatic rings. The SMILES string of the molecule is O=C(O)c1ccc2c(c1)COC2(Cn1cncn1)c1ccccc1. The van der Waals surface area contributed by atoms with Crippen LogP contribution in [0.15, 0.2) is 61.2 Å². The Balaban J connectivity index is 1.86. The van der Waals surface area contributed by atoms with Gasteiger partial charge in [0.05, 0.1) is 18.7 Å². The molecule has 3 aromatic rings. The van der Waals surface area contributed by atoms with E-state index in [1.807, 2.05) is 36.4 Å². The lowest BCUT2D eigenvalue weighted by molar-refractivity contribution is -0.0204. The van der Waals surface area contributed by atoms with Crippen LogP contribution in [0.3, 0.4) is 0 Å².